The molecule has 0 unspecified atom stereocenters. The summed E-state index contributed by atoms with van der Waals surface area (Å²) in [7, 11) is 7.77. The monoisotopic (exact) mass is 210 g/mol. The van der Waals surface area contributed by atoms with E-state index in [4.69, 9.17) is 21.4 Å². The summed E-state index contributed by atoms with van der Waals surface area (Å²) < 4.78 is 11.1. The topological polar surface area (TPSA) is 17.1 Å². The molecule has 0 amide bonds. The maximum Gasteiger partial charge on any atom is 0.0574 e. The van der Waals surface area contributed by atoms with Crippen molar-refractivity contribution in [3.63, 3.8) is 0 Å². The molecular weight excluding hydrogens is 203 g/mol. The molecule has 0 N–H and O–H groups in total. The predicted molar refractivity (Wildman–Crippen MR) is 50.7 cm³/mol. The van der Waals surface area contributed by atoms with Gasteiger partial charge in [-0.1, -0.05) is 17.7 Å². The highest BCUT2D eigenvalue weighted by molar-refractivity contribution is 8.40. The molecule has 62 valence electrons. The van der Waals surface area contributed by atoms with Crippen molar-refractivity contribution in [1.29, 1.82) is 0 Å². The first-order chi connectivity index (χ1) is 5.00. The minimum absolute atomic E-state index is 0.492. The van der Waals surface area contributed by atoms with Crippen LogP contribution >= 0.6 is 21.4 Å². The van der Waals surface area contributed by atoms with Crippen LogP contribution in [-0.2, 0) is 8.36 Å². The van der Waals surface area contributed by atoms with Crippen LogP contribution in [-0.4, -0.2) is 4.21 Å². The molecule has 0 saturated carbocycles. The number of benzene rings is 1. The van der Waals surface area contributed by atoms with Gasteiger partial charge in [0.25, 0.3) is 0 Å². The van der Waals surface area contributed by atoms with Gasteiger partial charge in [-0.2, -0.15) is 0 Å². The van der Waals surface area contributed by atoms with Crippen LogP contribution in [0, 0.1) is 6.92 Å². The third-order valence-corrected chi connectivity index (χ3v) is 3.40. The van der Waals surface area contributed by atoms with Gasteiger partial charge in [0.15, 0.2) is 0 Å². The van der Waals surface area contributed by atoms with Crippen molar-refractivity contribution < 1.29 is 4.21 Å². The molecule has 1 aromatic rings. The minimum atomic E-state index is -3.09. The summed E-state index contributed by atoms with van der Waals surface area (Å²) in [4.78, 5) is 0.492. The molecule has 4 heteroatoms. The van der Waals surface area contributed by atoms with E-state index in [-0.39, 0.29) is 0 Å². The lowest BCUT2D eigenvalue weighted by Crippen LogP contribution is -1.91. The summed E-state index contributed by atoms with van der Waals surface area (Å²) in [5.74, 6) is 0. The maximum absolute atomic E-state index is 11.1. The van der Waals surface area contributed by atoms with Gasteiger partial charge < -0.3 is 0 Å². The quantitative estimate of drug-likeness (QED) is 0.558. The van der Waals surface area contributed by atoms with E-state index in [1.165, 1.54) is 0 Å². The summed E-state index contributed by atoms with van der Waals surface area (Å²) in [6.45, 7) is 1.94. The van der Waals surface area contributed by atoms with E-state index < -0.39 is 8.36 Å². The van der Waals surface area contributed by atoms with Crippen molar-refractivity contribution in [3.8, 4) is 0 Å². The van der Waals surface area contributed by atoms with E-state index in [1.807, 2.05) is 19.1 Å². The summed E-state index contributed by atoms with van der Waals surface area (Å²) in [6, 6.07) is 7.01. The van der Waals surface area contributed by atoms with Crippen LogP contribution in [0.4, 0.5) is 0 Å². The van der Waals surface area contributed by atoms with Crippen molar-refractivity contribution in [2.45, 2.75) is 11.8 Å². The molecule has 0 atom stereocenters. The molecule has 0 heterocycles. The van der Waals surface area contributed by atoms with Crippen LogP contribution in [0.15, 0.2) is 29.2 Å². The van der Waals surface area contributed by atoms with Crippen LogP contribution in [0.2, 0.25) is 0 Å². The average molecular weight is 211 g/mol. The fourth-order valence-electron chi connectivity index (χ4n) is 0.718. The first kappa shape index (κ1) is 9.04. The molecule has 0 fully saturated rings. The SMILES string of the molecule is Cc1ccc([SH](=O)(Cl)Cl)cc1. The first-order valence-electron chi connectivity index (χ1n) is 3.07. The van der Waals surface area contributed by atoms with E-state index in [0.717, 1.165) is 5.56 Å². The van der Waals surface area contributed by atoms with Gasteiger partial charge in [-0.25, -0.2) is 0 Å². The molecule has 11 heavy (non-hydrogen) atoms. The number of thiol groups is 1. The van der Waals surface area contributed by atoms with Crippen LogP contribution in [0.1, 0.15) is 5.56 Å². The van der Waals surface area contributed by atoms with Crippen LogP contribution in [0.3, 0.4) is 0 Å². The number of hydrogen-bond donors (Lipinski definition) is 1. The van der Waals surface area contributed by atoms with Crippen molar-refractivity contribution in [1.82, 2.24) is 0 Å². The average Bonchev–Trinajstić information content (AvgIpc) is 1.86. The second-order valence-corrected chi connectivity index (χ2v) is 7.11. The molecule has 1 rings (SSSR count). The van der Waals surface area contributed by atoms with Gasteiger partial charge in [0.1, 0.15) is 0 Å². The minimum Gasteiger partial charge on any atom is -0.252 e. The Morgan fingerprint density at radius 1 is 1.18 bits per heavy atom. The Bertz CT molecular complexity index is 288. The van der Waals surface area contributed by atoms with Crippen LogP contribution in [0.5, 0.6) is 0 Å². The van der Waals surface area contributed by atoms with E-state index in [0.29, 0.717) is 4.90 Å². The second-order valence-electron chi connectivity index (χ2n) is 2.30. The van der Waals surface area contributed by atoms with Crippen molar-refractivity contribution >= 4 is 29.7 Å². The fraction of sp³-hybridized carbons (Fsp3) is 0.143. The van der Waals surface area contributed by atoms with Crippen molar-refractivity contribution in [3.05, 3.63) is 29.8 Å². The van der Waals surface area contributed by atoms with Crippen LogP contribution in [0.25, 0.3) is 0 Å². The molecule has 0 bridgehead atoms. The van der Waals surface area contributed by atoms with E-state index in [2.05, 4.69) is 0 Å². The number of hydrogen-bond acceptors (Lipinski definition) is 1. The zero-order chi connectivity index (χ0) is 8.48. The molecule has 0 aromatic heterocycles. The summed E-state index contributed by atoms with van der Waals surface area (Å²) in [6.07, 6.45) is 0. The van der Waals surface area contributed by atoms with Crippen molar-refractivity contribution in [2.24, 2.45) is 0 Å². The Hall–Kier alpha value is -0.0500. The van der Waals surface area contributed by atoms with E-state index >= 15 is 0 Å². The normalized spacial score (nSPS) is 13.0. The third-order valence-electron chi connectivity index (χ3n) is 1.33. The van der Waals surface area contributed by atoms with Gasteiger partial charge in [-0.05, 0) is 40.4 Å². The molecule has 0 aliphatic carbocycles. The number of aryl methyl sites for hydroxylation is 1. The highest BCUT2D eigenvalue weighted by Crippen LogP contribution is 2.27. The lowest BCUT2D eigenvalue weighted by atomic mass is 10.2. The molecule has 0 spiro atoms. The Kier molecular flexibility index (Phi) is 2.58. The molecule has 0 aliphatic heterocycles. The molecule has 0 saturated heterocycles. The molecule has 0 radical (unpaired) electrons. The summed E-state index contributed by atoms with van der Waals surface area (Å²) in [5, 5.41) is 0. The lowest BCUT2D eigenvalue weighted by molar-refractivity contribution is 0.688. The smallest absolute Gasteiger partial charge is 0.0574 e. The van der Waals surface area contributed by atoms with E-state index in [9.17, 15) is 4.21 Å². The van der Waals surface area contributed by atoms with Gasteiger partial charge in [0.2, 0.25) is 0 Å². The second kappa shape index (κ2) is 3.13. The molecular formula is C7H8Cl2OS. The number of halogens is 2. The van der Waals surface area contributed by atoms with Gasteiger partial charge >= 0.3 is 0 Å². The summed E-state index contributed by atoms with van der Waals surface area (Å²) >= 11 is 0. The predicted octanol–water partition coefficient (Wildman–Crippen LogP) is 2.68. The summed E-state index contributed by atoms with van der Waals surface area (Å²) in [5.41, 5.74) is 1.09. The zero-order valence-electron chi connectivity index (χ0n) is 5.92. The highest BCUT2D eigenvalue weighted by atomic mass is 36.0. The maximum atomic E-state index is 11.1. The van der Waals surface area contributed by atoms with Gasteiger partial charge in [0, 0.05) is 4.90 Å². The Morgan fingerprint density at radius 2 is 1.64 bits per heavy atom. The molecule has 0 aliphatic rings. The highest BCUT2D eigenvalue weighted by Gasteiger charge is 2.07. The Morgan fingerprint density at radius 3 is 2.00 bits per heavy atom. The van der Waals surface area contributed by atoms with Gasteiger partial charge in [-0.15, -0.1) is 0 Å². The fourth-order valence-corrected chi connectivity index (χ4v) is 1.89. The Labute approximate surface area is 75.8 Å². The third kappa shape index (κ3) is 2.47. The standard InChI is InChI=1S/C7H8Cl2OS/c1-6-2-4-7(5-3-6)11(8,9)10/h2-5,11H,1H3. The first-order valence-corrected chi connectivity index (χ1v) is 6.58. The zero-order valence-corrected chi connectivity index (χ0v) is 8.33. The Balaban J connectivity index is 3.09. The lowest BCUT2D eigenvalue weighted by Gasteiger charge is -2.06. The number of rotatable bonds is 1. The largest absolute Gasteiger partial charge is 0.252 e. The molecule has 1 nitrogen and oxygen atoms in total. The van der Waals surface area contributed by atoms with Crippen molar-refractivity contribution in [2.75, 3.05) is 0 Å². The molecule has 1 aromatic carbocycles. The van der Waals surface area contributed by atoms with Gasteiger partial charge in [-0.3, -0.25) is 4.21 Å². The van der Waals surface area contributed by atoms with E-state index in [1.54, 1.807) is 12.1 Å². The van der Waals surface area contributed by atoms with Gasteiger partial charge in [0.05, 0.1) is 8.36 Å². The van der Waals surface area contributed by atoms with Crippen LogP contribution < -0.4 is 0 Å².